The van der Waals surface area contributed by atoms with Gasteiger partial charge in [0, 0.05) is 752 Å². The first kappa shape index (κ1) is 238. The molecule has 0 aliphatic rings. The van der Waals surface area contributed by atoms with Gasteiger partial charge in [-0.1, -0.05) is 27.7 Å². The van der Waals surface area contributed by atoms with Crippen molar-refractivity contribution in [2.75, 3.05) is 0 Å². The minimum atomic E-state index is 0. The molecule has 0 fully saturated rings. The first-order valence-electron chi connectivity index (χ1n) is 2.00. The third kappa shape index (κ3) is 248. The average molecular weight is 2250 g/mol. The Kier molecular flexibility index (Phi) is 1950. The van der Waals surface area contributed by atoms with Gasteiger partial charge >= 0.3 is 32.7 Å². The maximum absolute atomic E-state index is 2.00. The molecule has 24 heteroatoms. The van der Waals surface area contributed by atoms with Gasteiger partial charge in [-0.2, -0.15) is 0 Å². The van der Waals surface area contributed by atoms with Crippen molar-refractivity contribution in [2.45, 2.75) is 27.7 Å². The second-order valence-electron chi connectivity index (χ2n) is 0. The molecule has 0 nitrogen and oxygen atoms in total. The minimum absolute atomic E-state index is 0. The number of hydrogen-bond acceptors (Lipinski definition) is 0. The Labute approximate surface area is 812 Å². The van der Waals surface area contributed by atoms with Crippen molar-refractivity contribution in [3.05, 3.63) is 29.7 Å². The molecule has 0 heterocycles. The fraction of sp³-hybridized carbons (Fsp3) is 0.500. The second-order valence-corrected chi connectivity index (χ2v) is 0. The summed E-state index contributed by atoms with van der Waals surface area (Å²) in [5.74, 6) is 0. The first-order chi connectivity index (χ1) is 2.00. The molecule has 0 amide bonds. The quantitative estimate of drug-likeness (QED) is 0.325. The molecule has 0 bridgehead atoms. The summed E-state index contributed by atoms with van der Waals surface area (Å²) in [4.78, 5) is 0. The summed E-state index contributed by atoms with van der Waals surface area (Å²) in [5.41, 5.74) is 0. The van der Waals surface area contributed by atoms with Crippen LogP contribution < -0.4 is 0 Å². The van der Waals surface area contributed by atoms with Crippen molar-refractivity contribution in [2.24, 2.45) is 0 Å². The maximum Gasteiger partial charge on any atom is 3.00 e. The number of hydrogen-bond donors (Lipinski definition) is 0. The Morgan fingerprint density at radius 2 is 0.156 bits per heavy atom. The van der Waals surface area contributed by atoms with Gasteiger partial charge in [0.2, 0.25) is 0 Å². The Morgan fingerprint density at radius 1 is 0.156 bits per heavy atom. The van der Waals surface area contributed by atoms with E-state index in [0.717, 1.165) is 0 Å². The summed E-state index contributed by atoms with van der Waals surface area (Å²) in [5, 5.41) is 0. The van der Waals surface area contributed by atoms with E-state index in [2.05, 4.69) is 0 Å². The van der Waals surface area contributed by atoms with Crippen LogP contribution in [-0.2, 0) is 785 Å². The van der Waals surface area contributed by atoms with E-state index in [4.69, 9.17) is 0 Å². The predicted molar refractivity (Wildman–Crippen MR) is 48.4 cm³/mol. The van der Waals surface area contributed by atoms with Gasteiger partial charge < -0.3 is 29.7 Å². The van der Waals surface area contributed by atoms with Gasteiger partial charge in [-0.3, -0.25) is 0 Å². The topological polar surface area (TPSA) is 0 Å². The molecule has 0 spiro atoms. The summed E-state index contributed by atoms with van der Waals surface area (Å²) in [6.45, 7) is 8.00. The average Bonchev–Trinajstić information content (AvgIpc) is 1.50. The fourth-order valence-corrected chi connectivity index (χ4v) is 0. The van der Waals surface area contributed by atoms with Crippen LogP contribution in [0.1, 0.15) is 27.7 Å². The van der Waals surface area contributed by atoms with Gasteiger partial charge in [0.15, 0.2) is 0 Å². The summed E-state index contributed by atoms with van der Waals surface area (Å²) in [6, 6.07) is 0. The third-order valence-corrected chi connectivity index (χ3v) is 0. The van der Waals surface area contributed by atoms with Crippen LogP contribution in [0, 0.1) is 29.7 Å². The van der Waals surface area contributed by atoms with E-state index >= 15 is 0 Å². The molecule has 23 radical (unpaired) electrons. The van der Waals surface area contributed by atoms with Gasteiger partial charge in [-0.05, 0) is 0 Å². The monoisotopic (exact) mass is 2250 g/mol. The van der Waals surface area contributed by atoms with Gasteiger partial charge in [-0.25, -0.2) is 0 Å². The molecule has 0 aliphatic carbocycles. The molecular weight excluding hydrogens is 2230 g/mol. The Hall–Kier alpha value is 26.5. The van der Waals surface area contributed by atoms with Crippen LogP contribution in [0.2, 0.25) is 0 Å². The third-order valence-electron chi connectivity index (χ3n) is 0. The Bertz CT molecular complexity index is 26.0. The van der Waals surface area contributed by atoms with Crippen LogP contribution in [0.4, 0.5) is 0 Å². The molecule has 0 N–H and O–H groups in total. The van der Waals surface area contributed by atoms with E-state index in [0.29, 0.717) is 0 Å². The van der Waals surface area contributed by atoms with Crippen LogP contribution >= 0.6 is 0 Å². The summed E-state index contributed by atoms with van der Waals surface area (Å²) in [7, 11) is 0. The molecule has 0 aromatic carbocycles. The zero-order valence-electron chi connectivity index (χ0n) is 21.9. The fourth-order valence-electron chi connectivity index (χ4n) is 0. The zero-order valence-corrected chi connectivity index (χ0v) is 90.0. The van der Waals surface area contributed by atoms with Crippen LogP contribution in [0.15, 0.2) is 0 Å². The molecule has 0 rings (SSSR count). The van der Waals surface area contributed by atoms with E-state index in [1.54, 1.807) is 0 Å². The number of rotatable bonds is 0. The molecule has 0 aliphatic heterocycles. The standard InChI is InChI=1S/2C2H6.4CH3.24Y/c2*1-2;;;;;;;;;;;;;;;;;;;;;;;;;;;;/h2*1-2H3;4*1H3;;;;;;;;;;;;;;;;;;;;;;;;/q;;4*-1;;;;;;;;;;;;;;;;;;;;;;;;+3. The maximum atomic E-state index is 2.00. The van der Waals surface area contributed by atoms with E-state index < -0.39 is 0 Å². The largest absolute Gasteiger partial charge is 3.00 e. The minimum Gasteiger partial charge on any atom is -0.358 e. The van der Waals surface area contributed by atoms with Crippen molar-refractivity contribution >= 4 is 0 Å². The van der Waals surface area contributed by atoms with Crippen LogP contribution in [0.5, 0.6) is 0 Å². The van der Waals surface area contributed by atoms with Gasteiger partial charge in [0.05, 0.1) is 0 Å². The van der Waals surface area contributed by atoms with E-state index in [1.165, 1.54) is 0 Å². The summed E-state index contributed by atoms with van der Waals surface area (Å²) < 4.78 is 0. The molecule has 0 atom stereocenters. The van der Waals surface area contributed by atoms with Gasteiger partial charge in [-0.15, -0.1) is 0 Å². The molecular formula is C8H24Y24-. The molecule has 32 heavy (non-hydrogen) atoms. The molecule has 129 valence electrons. The van der Waals surface area contributed by atoms with Crippen LogP contribution in [0.25, 0.3) is 0 Å². The SMILES string of the molecule is CC.CC.[CH3-].[CH3-].[CH3-].[CH3-].[Y+3].[Y].[Y].[Y].[Y].[Y].[Y].[Y].[Y].[Y].[Y].[Y].[Y].[Y].[Y].[Y].[Y].[Y].[Y].[Y].[Y].[Y].[Y].[Y]. The molecule has 0 aromatic heterocycles. The van der Waals surface area contributed by atoms with Crippen LogP contribution in [-0.4, -0.2) is 0 Å². The zero-order chi connectivity index (χ0) is 4.00. The van der Waals surface area contributed by atoms with Crippen molar-refractivity contribution in [3.63, 3.8) is 0 Å². The van der Waals surface area contributed by atoms with Gasteiger partial charge in [0.25, 0.3) is 0 Å². The van der Waals surface area contributed by atoms with Crippen molar-refractivity contribution in [1.29, 1.82) is 0 Å². The van der Waals surface area contributed by atoms with E-state index in [-0.39, 0.29) is 815 Å². The van der Waals surface area contributed by atoms with Crippen LogP contribution in [0.3, 0.4) is 0 Å². The van der Waals surface area contributed by atoms with E-state index in [1.807, 2.05) is 27.7 Å². The van der Waals surface area contributed by atoms with Crippen molar-refractivity contribution in [3.8, 4) is 0 Å². The normalized spacial score (nSPS) is 0.375. The van der Waals surface area contributed by atoms with E-state index in [9.17, 15) is 0 Å². The van der Waals surface area contributed by atoms with Crippen molar-refractivity contribution < 1.29 is 785 Å². The molecule has 0 saturated heterocycles. The first-order valence-corrected chi connectivity index (χ1v) is 2.00. The van der Waals surface area contributed by atoms with Gasteiger partial charge in [0.1, 0.15) is 0 Å². The predicted octanol–water partition coefficient (Wildman–Crippen LogP) is 3.79. The second kappa shape index (κ2) is 261. The molecule has 0 saturated carbocycles. The Morgan fingerprint density at radius 3 is 0.156 bits per heavy atom. The Balaban J connectivity index is -0.0000000000476. The molecule has 0 unspecified atom stereocenters. The molecule has 0 aromatic rings. The van der Waals surface area contributed by atoms with Crippen molar-refractivity contribution in [1.82, 2.24) is 0 Å². The summed E-state index contributed by atoms with van der Waals surface area (Å²) >= 11 is 0. The smallest absolute Gasteiger partial charge is 0.358 e. The summed E-state index contributed by atoms with van der Waals surface area (Å²) in [6.07, 6.45) is 0.